The number of benzene rings is 1. The minimum Gasteiger partial charge on any atom is -0.480 e. The molecule has 7 heteroatoms. The lowest BCUT2D eigenvalue weighted by Crippen LogP contribution is -2.38. The summed E-state index contributed by atoms with van der Waals surface area (Å²) in [7, 11) is 0. The molecule has 1 aromatic carbocycles. The SMILES string of the molecule is Cc1cccc(C(=O)NC(C)C(=O)O)c1[N+](=O)[O-]. The molecule has 0 saturated heterocycles. The predicted molar refractivity (Wildman–Crippen MR) is 62.4 cm³/mol. The number of aryl methyl sites for hydroxylation is 1. The van der Waals surface area contributed by atoms with E-state index in [4.69, 9.17) is 5.11 Å². The average Bonchev–Trinajstić information content (AvgIpc) is 2.27. The number of nitrogens with zero attached hydrogens (tertiary/aromatic N) is 1. The van der Waals surface area contributed by atoms with Gasteiger partial charge in [0.25, 0.3) is 11.6 Å². The molecule has 0 aliphatic carbocycles. The summed E-state index contributed by atoms with van der Waals surface area (Å²) in [6.45, 7) is 2.79. The van der Waals surface area contributed by atoms with E-state index in [1.165, 1.54) is 32.0 Å². The van der Waals surface area contributed by atoms with Crippen LogP contribution in [0.15, 0.2) is 18.2 Å². The standard InChI is InChI=1S/C11H12N2O5/c1-6-4-3-5-8(9(6)13(17)18)10(14)12-7(2)11(15)16/h3-5,7H,1-2H3,(H,12,14)(H,15,16). The Morgan fingerprint density at radius 3 is 2.56 bits per heavy atom. The van der Waals surface area contributed by atoms with Crippen molar-refractivity contribution in [1.82, 2.24) is 5.32 Å². The number of nitro benzene ring substituents is 1. The Kier molecular flexibility index (Phi) is 3.98. The van der Waals surface area contributed by atoms with Crippen LogP contribution in [0.4, 0.5) is 5.69 Å². The Hall–Kier alpha value is -2.44. The van der Waals surface area contributed by atoms with Crippen LogP contribution in [-0.2, 0) is 4.79 Å². The number of hydrogen-bond donors (Lipinski definition) is 2. The van der Waals surface area contributed by atoms with Crippen molar-refractivity contribution in [3.8, 4) is 0 Å². The molecule has 0 fully saturated rings. The van der Waals surface area contributed by atoms with E-state index in [9.17, 15) is 19.7 Å². The third kappa shape index (κ3) is 2.82. The molecule has 7 nitrogen and oxygen atoms in total. The van der Waals surface area contributed by atoms with Crippen LogP contribution in [0.5, 0.6) is 0 Å². The molecule has 1 unspecified atom stereocenters. The number of carboxylic acids is 1. The van der Waals surface area contributed by atoms with Gasteiger partial charge in [-0.05, 0) is 19.9 Å². The molecule has 0 spiro atoms. The van der Waals surface area contributed by atoms with Gasteiger partial charge in [-0.1, -0.05) is 12.1 Å². The summed E-state index contributed by atoms with van der Waals surface area (Å²) in [5.41, 5.74) is -0.115. The molecular weight excluding hydrogens is 240 g/mol. The third-order valence-electron chi connectivity index (χ3n) is 2.38. The highest BCUT2D eigenvalue weighted by molar-refractivity contribution is 6.00. The van der Waals surface area contributed by atoms with E-state index in [-0.39, 0.29) is 11.3 Å². The van der Waals surface area contributed by atoms with E-state index in [1.807, 2.05) is 0 Å². The highest BCUT2D eigenvalue weighted by atomic mass is 16.6. The minimum atomic E-state index is -1.21. The summed E-state index contributed by atoms with van der Waals surface area (Å²) in [4.78, 5) is 32.6. The Morgan fingerprint density at radius 1 is 1.44 bits per heavy atom. The number of para-hydroxylation sites is 1. The first-order chi connectivity index (χ1) is 8.34. The number of hydrogen-bond acceptors (Lipinski definition) is 4. The Bertz CT molecular complexity index is 512. The highest BCUT2D eigenvalue weighted by Crippen LogP contribution is 2.22. The van der Waals surface area contributed by atoms with Gasteiger partial charge in [0.2, 0.25) is 0 Å². The van der Waals surface area contributed by atoms with Crippen molar-refractivity contribution < 1.29 is 19.6 Å². The maximum atomic E-state index is 11.8. The summed E-state index contributed by atoms with van der Waals surface area (Å²) in [6, 6.07) is 3.19. The second-order valence-electron chi connectivity index (χ2n) is 3.76. The molecule has 1 rings (SSSR count). The van der Waals surface area contributed by atoms with Gasteiger partial charge < -0.3 is 10.4 Å². The maximum absolute atomic E-state index is 11.8. The van der Waals surface area contributed by atoms with E-state index < -0.39 is 22.8 Å². The summed E-state index contributed by atoms with van der Waals surface area (Å²) in [6.07, 6.45) is 0. The van der Waals surface area contributed by atoms with Crippen molar-refractivity contribution in [1.29, 1.82) is 0 Å². The Morgan fingerprint density at radius 2 is 2.06 bits per heavy atom. The van der Waals surface area contributed by atoms with E-state index in [2.05, 4.69) is 5.32 Å². The van der Waals surface area contributed by atoms with Crippen molar-refractivity contribution in [3.63, 3.8) is 0 Å². The Labute approximate surface area is 103 Å². The van der Waals surface area contributed by atoms with Gasteiger partial charge in [-0.15, -0.1) is 0 Å². The first kappa shape index (κ1) is 13.6. The van der Waals surface area contributed by atoms with E-state index in [1.54, 1.807) is 0 Å². The number of nitrogens with one attached hydrogen (secondary N) is 1. The molecule has 1 aromatic rings. The summed E-state index contributed by atoms with van der Waals surface area (Å²) in [5.74, 6) is -1.99. The van der Waals surface area contributed by atoms with Crippen LogP contribution in [0.3, 0.4) is 0 Å². The number of amides is 1. The van der Waals surface area contributed by atoms with Crippen LogP contribution in [0, 0.1) is 17.0 Å². The van der Waals surface area contributed by atoms with Gasteiger partial charge in [0.15, 0.2) is 0 Å². The summed E-state index contributed by atoms with van der Waals surface area (Å²) < 4.78 is 0. The van der Waals surface area contributed by atoms with Crippen molar-refractivity contribution in [2.24, 2.45) is 0 Å². The molecular formula is C11H12N2O5. The number of carbonyl (C=O) groups excluding carboxylic acids is 1. The third-order valence-corrected chi connectivity index (χ3v) is 2.38. The zero-order chi connectivity index (χ0) is 13.9. The zero-order valence-corrected chi connectivity index (χ0v) is 9.84. The van der Waals surface area contributed by atoms with Crippen LogP contribution >= 0.6 is 0 Å². The molecule has 0 bridgehead atoms. The van der Waals surface area contributed by atoms with Crippen molar-refractivity contribution >= 4 is 17.6 Å². The quantitative estimate of drug-likeness (QED) is 0.616. The van der Waals surface area contributed by atoms with Gasteiger partial charge >= 0.3 is 5.97 Å². The van der Waals surface area contributed by atoms with Crippen molar-refractivity contribution in [2.45, 2.75) is 19.9 Å². The lowest BCUT2D eigenvalue weighted by atomic mass is 10.1. The molecule has 0 aromatic heterocycles. The van der Waals surface area contributed by atoms with Crippen LogP contribution in [0.25, 0.3) is 0 Å². The van der Waals surface area contributed by atoms with Gasteiger partial charge in [-0.2, -0.15) is 0 Å². The normalized spacial score (nSPS) is 11.7. The van der Waals surface area contributed by atoms with E-state index >= 15 is 0 Å². The second kappa shape index (κ2) is 5.26. The first-order valence-electron chi connectivity index (χ1n) is 5.12. The molecule has 0 radical (unpaired) electrons. The topological polar surface area (TPSA) is 110 Å². The molecule has 0 heterocycles. The van der Waals surface area contributed by atoms with Crippen LogP contribution in [-0.4, -0.2) is 27.9 Å². The maximum Gasteiger partial charge on any atom is 0.325 e. The van der Waals surface area contributed by atoms with Crippen molar-refractivity contribution in [2.75, 3.05) is 0 Å². The van der Waals surface area contributed by atoms with Gasteiger partial charge in [0.05, 0.1) is 4.92 Å². The minimum absolute atomic E-state index is 0.145. The van der Waals surface area contributed by atoms with Crippen LogP contribution < -0.4 is 5.32 Å². The molecule has 18 heavy (non-hydrogen) atoms. The highest BCUT2D eigenvalue weighted by Gasteiger charge is 2.24. The van der Waals surface area contributed by atoms with Crippen LogP contribution in [0.1, 0.15) is 22.8 Å². The number of nitro groups is 1. The molecule has 96 valence electrons. The second-order valence-corrected chi connectivity index (χ2v) is 3.76. The molecule has 0 aliphatic rings. The number of carboxylic acid groups (broad SMARTS) is 1. The number of aliphatic carboxylic acids is 1. The first-order valence-corrected chi connectivity index (χ1v) is 5.12. The number of rotatable bonds is 4. The van der Waals surface area contributed by atoms with Gasteiger partial charge in [-0.3, -0.25) is 19.7 Å². The fourth-order valence-electron chi connectivity index (χ4n) is 1.42. The average molecular weight is 252 g/mol. The van der Waals surface area contributed by atoms with Gasteiger partial charge in [0, 0.05) is 5.56 Å². The molecule has 1 atom stereocenters. The predicted octanol–water partition coefficient (Wildman–Crippen LogP) is 1.11. The van der Waals surface area contributed by atoms with Gasteiger partial charge in [-0.25, -0.2) is 0 Å². The van der Waals surface area contributed by atoms with Crippen LogP contribution in [0.2, 0.25) is 0 Å². The lowest BCUT2D eigenvalue weighted by Gasteiger charge is -2.10. The fourth-order valence-corrected chi connectivity index (χ4v) is 1.42. The van der Waals surface area contributed by atoms with E-state index in [0.717, 1.165) is 0 Å². The van der Waals surface area contributed by atoms with E-state index in [0.29, 0.717) is 5.56 Å². The summed E-state index contributed by atoms with van der Waals surface area (Å²) >= 11 is 0. The smallest absolute Gasteiger partial charge is 0.325 e. The fraction of sp³-hybridized carbons (Fsp3) is 0.273. The van der Waals surface area contributed by atoms with Crippen molar-refractivity contribution in [3.05, 3.63) is 39.4 Å². The number of carbonyl (C=O) groups is 2. The van der Waals surface area contributed by atoms with Gasteiger partial charge in [0.1, 0.15) is 11.6 Å². The largest absolute Gasteiger partial charge is 0.480 e. The summed E-state index contributed by atoms with van der Waals surface area (Å²) in [5, 5.41) is 21.7. The zero-order valence-electron chi connectivity index (χ0n) is 9.84. The molecule has 2 N–H and O–H groups in total. The Balaban J connectivity index is 3.10. The lowest BCUT2D eigenvalue weighted by molar-refractivity contribution is -0.385. The molecule has 1 amide bonds. The molecule has 0 saturated carbocycles. The molecule has 0 aliphatic heterocycles. The monoisotopic (exact) mass is 252 g/mol.